The van der Waals surface area contributed by atoms with Crippen molar-refractivity contribution in [2.45, 2.75) is 4.90 Å². The maximum atomic E-state index is 11.2. The van der Waals surface area contributed by atoms with Gasteiger partial charge in [0.05, 0.1) is 17.3 Å². The first-order valence-electron chi connectivity index (χ1n) is 3.73. The largest absolute Gasteiger partial charge is 0.261 e. The highest BCUT2D eigenvalue weighted by Gasteiger charge is 2.13. The molecule has 4 nitrogen and oxygen atoms in total. The van der Waals surface area contributed by atoms with Gasteiger partial charge in [-0.05, 0) is 6.07 Å². The summed E-state index contributed by atoms with van der Waals surface area (Å²) < 4.78 is 22.3. The third-order valence-electron chi connectivity index (χ3n) is 1.81. The Balaban J connectivity index is 2.92. The van der Waals surface area contributed by atoms with E-state index in [1.165, 1.54) is 18.5 Å². The number of halogens is 1. The maximum absolute atomic E-state index is 11.2. The van der Waals surface area contributed by atoms with Crippen molar-refractivity contribution in [3.63, 3.8) is 0 Å². The molecule has 2 rings (SSSR count). The van der Waals surface area contributed by atoms with Gasteiger partial charge >= 0.3 is 0 Å². The lowest BCUT2D eigenvalue weighted by molar-refractivity contribution is 0.610. The van der Waals surface area contributed by atoms with E-state index in [9.17, 15) is 8.42 Å². The standard InChI is InChI=1S/C8H5ClN2O2S/c9-14(12,13)8-3-1-2-6-4-10-11-5-7(6)8/h1-5H. The molecule has 0 amide bonds. The van der Waals surface area contributed by atoms with Crippen molar-refractivity contribution >= 4 is 30.5 Å². The molecule has 0 spiro atoms. The molecule has 0 atom stereocenters. The Hall–Kier alpha value is -1.20. The highest BCUT2D eigenvalue weighted by molar-refractivity contribution is 8.14. The molecule has 6 heteroatoms. The summed E-state index contributed by atoms with van der Waals surface area (Å²) in [5, 5.41) is 8.44. The van der Waals surface area contributed by atoms with E-state index in [4.69, 9.17) is 10.7 Å². The minimum absolute atomic E-state index is 0.0616. The second-order valence-electron chi connectivity index (χ2n) is 2.69. The van der Waals surface area contributed by atoms with Crippen LogP contribution in [-0.4, -0.2) is 18.6 Å². The Morgan fingerprint density at radius 3 is 2.57 bits per heavy atom. The van der Waals surface area contributed by atoms with Crippen LogP contribution < -0.4 is 0 Å². The Bertz CT molecular complexity index is 577. The number of nitrogens with zero attached hydrogens (tertiary/aromatic N) is 2. The normalized spacial score (nSPS) is 11.8. The summed E-state index contributed by atoms with van der Waals surface area (Å²) in [5.41, 5.74) is 0. The predicted molar refractivity (Wildman–Crippen MR) is 52.6 cm³/mol. The smallest absolute Gasteiger partial charge is 0.207 e. The first-order chi connectivity index (χ1) is 6.59. The molecule has 0 aliphatic rings. The van der Waals surface area contributed by atoms with E-state index in [1.54, 1.807) is 12.1 Å². The second-order valence-corrected chi connectivity index (χ2v) is 5.22. The first-order valence-corrected chi connectivity index (χ1v) is 6.04. The van der Waals surface area contributed by atoms with Crippen LogP contribution in [0.3, 0.4) is 0 Å². The average Bonchev–Trinajstić information content (AvgIpc) is 2.15. The molecule has 1 aromatic heterocycles. The van der Waals surface area contributed by atoms with Crippen LogP contribution >= 0.6 is 10.7 Å². The fourth-order valence-corrected chi connectivity index (χ4v) is 2.29. The van der Waals surface area contributed by atoms with Crippen molar-refractivity contribution < 1.29 is 8.42 Å². The number of aromatic nitrogens is 2. The summed E-state index contributed by atoms with van der Waals surface area (Å²) >= 11 is 0. The predicted octanol–water partition coefficient (Wildman–Crippen LogP) is 1.56. The van der Waals surface area contributed by atoms with Crippen molar-refractivity contribution in [1.29, 1.82) is 0 Å². The van der Waals surface area contributed by atoms with Gasteiger partial charge in [0, 0.05) is 21.5 Å². The zero-order valence-electron chi connectivity index (χ0n) is 6.88. The molecule has 0 saturated heterocycles. The molecule has 0 aliphatic heterocycles. The van der Waals surface area contributed by atoms with Gasteiger partial charge < -0.3 is 0 Å². The maximum Gasteiger partial charge on any atom is 0.261 e. The molecule has 0 bridgehead atoms. The topological polar surface area (TPSA) is 59.9 Å². The van der Waals surface area contributed by atoms with Gasteiger partial charge in [-0.2, -0.15) is 10.2 Å². The summed E-state index contributed by atoms with van der Waals surface area (Å²) in [7, 11) is 1.54. The van der Waals surface area contributed by atoms with Gasteiger partial charge in [0.15, 0.2) is 0 Å². The van der Waals surface area contributed by atoms with E-state index in [0.29, 0.717) is 10.8 Å². The molecule has 72 valence electrons. The number of hydrogen-bond acceptors (Lipinski definition) is 4. The molecule has 0 fully saturated rings. The highest BCUT2D eigenvalue weighted by atomic mass is 35.7. The van der Waals surface area contributed by atoms with Gasteiger partial charge in [-0.3, -0.25) is 0 Å². The molecule has 14 heavy (non-hydrogen) atoms. The van der Waals surface area contributed by atoms with Crippen LogP contribution in [0.25, 0.3) is 10.8 Å². The van der Waals surface area contributed by atoms with Crippen LogP contribution in [0.15, 0.2) is 35.5 Å². The lowest BCUT2D eigenvalue weighted by Crippen LogP contribution is -1.93. The van der Waals surface area contributed by atoms with Crippen LogP contribution in [0.4, 0.5) is 0 Å². The molecule has 0 N–H and O–H groups in total. The third-order valence-corrected chi connectivity index (χ3v) is 3.19. The van der Waals surface area contributed by atoms with Crippen LogP contribution in [0, 0.1) is 0 Å². The van der Waals surface area contributed by atoms with Gasteiger partial charge in [0.1, 0.15) is 0 Å². The quantitative estimate of drug-likeness (QED) is 0.695. The van der Waals surface area contributed by atoms with Crippen molar-refractivity contribution in [1.82, 2.24) is 10.2 Å². The van der Waals surface area contributed by atoms with Crippen molar-refractivity contribution in [2.75, 3.05) is 0 Å². The minimum atomic E-state index is -3.72. The summed E-state index contributed by atoms with van der Waals surface area (Å²) in [6.45, 7) is 0. The van der Waals surface area contributed by atoms with E-state index in [-0.39, 0.29) is 4.90 Å². The fourth-order valence-electron chi connectivity index (χ4n) is 1.21. The number of hydrogen-bond donors (Lipinski definition) is 0. The lowest BCUT2D eigenvalue weighted by Gasteiger charge is -2.00. The summed E-state index contributed by atoms with van der Waals surface area (Å²) in [6.07, 6.45) is 2.87. The number of rotatable bonds is 1. The molecule has 1 heterocycles. The number of benzene rings is 1. The van der Waals surface area contributed by atoms with Crippen LogP contribution in [0.2, 0.25) is 0 Å². The zero-order valence-corrected chi connectivity index (χ0v) is 8.46. The lowest BCUT2D eigenvalue weighted by atomic mass is 10.2. The molecule has 2 aromatic rings. The Morgan fingerprint density at radius 2 is 1.86 bits per heavy atom. The SMILES string of the molecule is O=S(=O)(Cl)c1cccc2cnncc12. The van der Waals surface area contributed by atoms with Gasteiger partial charge in [-0.15, -0.1) is 0 Å². The van der Waals surface area contributed by atoms with Crippen LogP contribution in [-0.2, 0) is 9.05 Å². The van der Waals surface area contributed by atoms with E-state index in [0.717, 1.165) is 0 Å². The van der Waals surface area contributed by atoms with Gasteiger partial charge in [0.2, 0.25) is 0 Å². The Morgan fingerprint density at radius 1 is 1.14 bits per heavy atom. The fraction of sp³-hybridized carbons (Fsp3) is 0. The van der Waals surface area contributed by atoms with Crippen molar-refractivity contribution in [3.8, 4) is 0 Å². The van der Waals surface area contributed by atoms with Crippen LogP contribution in [0.5, 0.6) is 0 Å². The molecular weight excluding hydrogens is 224 g/mol. The third kappa shape index (κ3) is 1.56. The molecule has 0 radical (unpaired) electrons. The molecule has 1 aromatic carbocycles. The van der Waals surface area contributed by atoms with E-state index < -0.39 is 9.05 Å². The Kier molecular flexibility index (Phi) is 2.13. The van der Waals surface area contributed by atoms with E-state index >= 15 is 0 Å². The van der Waals surface area contributed by atoms with Gasteiger partial charge in [-0.25, -0.2) is 8.42 Å². The van der Waals surface area contributed by atoms with E-state index in [2.05, 4.69) is 10.2 Å². The molecule has 0 unspecified atom stereocenters. The zero-order chi connectivity index (χ0) is 10.2. The molecule has 0 aliphatic carbocycles. The van der Waals surface area contributed by atoms with Crippen molar-refractivity contribution in [3.05, 3.63) is 30.6 Å². The first kappa shape index (κ1) is 9.36. The number of fused-ring (bicyclic) bond motifs is 1. The summed E-state index contributed by atoms with van der Waals surface area (Å²) in [6, 6.07) is 4.79. The van der Waals surface area contributed by atoms with Crippen molar-refractivity contribution in [2.24, 2.45) is 0 Å². The molecular formula is C8H5ClN2O2S. The molecule has 0 saturated carbocycles. The minimum Gasteiger partial charge on any atom is -0.207 e. The summed E-state index contributed by atoms with van der Waals surface area (Å²) in [5.74, 6) is 0. The summed E-state index contributed by atoms with van der Waals surface area (Å²) in [4.78, 5) is 0.0616. The second kappa shape index (κ2) is 3.18. The van der Waals surface area contributed by atoms with Crippen LogP contribution in [0.1, 0.15) is 0 Å². The monoisotopic (exact) mass is 228 g/mol. The van der Waals surface area contributed by atoms with Gasteiger partial charge in [-0.1, -0.05) is 12.1 Å². The van der Waals surface area contributed by atoms with Gasteiger partial charge in [0.25, 0.3) is 9.05 Å². The Labute approximate surface area is 85.0 Å². The highest BCUT2D eigenvalue weighted by Crippen LogP contribution is 2.23. The average molecular weight is 229 g/mol. The van der Waals surface area contributed by atoms with E-state index in [1.807, 2.05) is 0 Å².